The molecule has 1 amide bonds. The van der Waals surface area contributed by atoms with E-state index in [0.717, 1.165) is 23.7 Å². The minimum Gasteiger partial charge on any atom is -0.381 e. The van der Waals surface area contributed by atoms with Crippen LogP contribution in [-0.2, 0) is 27.7 Å². The monoisotopic (exact) mass is 932 g/mol. The fourth-order valence-electron chi connectivity index (χ4n) is 11.0. The Balaban J connectivity index is 1.12. The molecule has 4 aromatic heterocycles. The van der Waals surface area contributed by atoms with Crippen molar-refractivity contribution in [3.05, 3.63) is 139 Å². The van der Waals surface area contributed by atoms with Gasteiger partial charge in [0.25, 0.3) is 5.91 Å². The molecule has 3 aliphatic rings. The Bertz CT molecular complexity index is 3270. The minimum absolute atomic E-state index is 0.00318. The molecule has 14 nitrogen and oxygen atoms in total. The Hall–Kier alpha value is -6.12. The average molecular weight is 933 g/mol. The normalized spacial score (nSPS) is 19.9. The Labute approximate surface area is 385 Å². The van der Waals surface area contributed by atoms with Crippen molar-refractivity contribution in [2.45, 2.75) is 98.1 Å². The Morgan fingerprint density at radius 2 is 1.64 bits per heavy atom. The predicted octanol–water partition coefficient (Wildman–Crippen LogP) is 8.37. The van der Waals surface area contributed by atoms with Gasteiger partial charge in [0.1, 0.15) is 30.0 Å². The first-order valence-electron chi connectivity index (χ1n) is 23.4. The van der Waals surface area contributed by atoms with Crippen LogP contribution in [0.2, 0.25) is 0 Å². The summed E-state index contributed by atoms with van der Waals surface area (Å²) in [6.45, 7) is 14.5. The van der Waals surface area contributed by atoms with Crippen molar-refractivity contribution in [1.29, 1.82) is 0 Å². The van der Waals surface area contributed by atoms with Gasteiger partial charge in [-0.05, 0) is 117 Å². The number of rotatable bonds is 11. The summed E-state index contributed by atoms with van der Waals surface area (Å²) in [6, 6.07) is 14.1. The molecule has 1 saturated carbocycles. The average Bonchev–Trinajstić information content (AvgIpc) is 3.82. The van der Waals surface area contributed by atoms with Gasteiger partial charge in [-0.25, -0.2) is 23.1 Å². The molecular weight excluding hydrogens is 878 g/mol. The zero-order valence-electron chi connectivity index (χ0n) is 38.9. The highest BCUT2D eigenvalue weighted by atomic mass is 31.2. The second-order valence-electron chi connectivity index (χ2n) is 18.5. The number of hydrogen-bond donors (Lipinski definition) is 1. The number of nitrogens with one attached hydrogen (secondary N) is 1. The first-order valence-corrected chi connectivity index (χ1v) is 25.4. The van der Waals surface area contributed by atoms with E-state index >= 15 is 13.6 Å². The van der Waals surface area contributed by atoms with Gasteiger partial charge < -0.3 is 18.8 Å². The summed E-state index contributed by atoms with van der Waals surface area (Å²) in [5, 5.41) is 10.6. The summed E-state index contributed by atoms with van der Waals surface area (Å²) in [4.78, 5) is 47.4. The number of aryl methyl sites for hydroxylation is 2. The van der Waals surface area contributed by atoms with Gasteiger partial charge in [-0.1, -0.05) is 38.9 Å². The lowest BCUT2D eigenvalue weighted by molar-refractivity contribution is 0.0663. The number of benzene rings is 3. The third kappa shape index (κ3) is 6.95. The number of ether oxygens (including phenoxy) is 1. The van der Waals surface area contributed by atoms with E-state index < -0.39 is 36.0 Å². The molecular formula is C50H55F2N8O6P. The van der Waals surface area contributed by atoms with Crippen LogP contribution in [0.25, 0.3) is 28.1 Å². The molecule has 2 aliphatic heterocycles. The van der Waals surface area contributed by atoms with E-state index in [9.17, 15) is 14.2 Å². The van der Waals surface area contributed by atoms with Crippen LogP contribution >= 0.6 is 7.14 Å². The van der Waals surface area contributed by atoms with Crippen molar-refractivity contribution < 1.29 is 27.4 Å². The zero-order valence-corrected chi connectivity index (χ0v) is 39.8. The van der Waals surface area contributed by atoms with E-state index in [2.05, 4.69) is 35.3 Å². The van der Waals surface area contributed by atoms with Crippen LogP contribution in [0.5, 0.6) is 0 Å². The van der Waals surface area contributed by atoms with Crippen molar-refractivity contribution in [3.8, 4) is 17.2 Å². The van der Waals surface area contributed by atoms with Gasteiger partial charge in [-0.15, -0.1) is 0 Å². The molecule has 67 heavy (non-hydrogen) atoms. The summed E-state index contributed by atoms with van der Waals surface area (Å²) in [5.74, 6) is -0.929. The summed E-state index contributed by atoms with van der Waals surface area (Å²) < 4.78 is 62.7. The lowest BCUT2D eigenvalue weighted by Gasteiger charge is -2.34. The quantitative estimate of drug-likeness (QED) is 0.127. The molecule has 350 valence electrons. The number of H-pyrrole nitrogens is 1. The number of amides is 1. The first kappa shape index (κ1) is 44.7. The first-order chi connectivity index (χ1) is 32.1. The second kappa shape index (κ2) is 16.6. The number of nitrogens with zero attached hydrogens (tertiary/aromatic N) is 7. The van der Waals surface area contributed by atoms with E-state index in [1.165, 1.54) is 27.0 Å². The largest absolute Gasteiger partial charge is 0.438 e. The number of hydrogen-bond acceptors (Lipinski definition) is 8. The summed E-state index contributed by atoms with van der Waals surface area (Å²) in [5.41, 5.74) is 3.83. The van der Waals surface area contributed by atoms with E-state index in [0.29, 0.717) is 101 Å². The number of aromatic nitrogens is 7. The van der Waals surface area contributed by atoms with Crippen molar-refractivity contribution in [3.63, 3.8) is 0 Å². The lowest BCUT2D eigenvalue weighted by atomic mass is 9.91. The van der Waals surface area contributed by atoms with E-state index in [1.54, 1.807) is 47.8 Å². The molecule has 17 heteroatoms. The van der Waals surface area contributed by atoms with Crippen LogP contribution < -0.4 is 16.8 Å². The van der Waals surface area contributed by atoms with E-state index in [4.69, 9.17) is 14.4 Å². The highest BCUT2D eigenvalue weighted by Crippen LogP contribution is 2.56. The molecule has 3 aromatic carbocycles. The van der Waals surface area contributed by atoms with Crippen molar-refractivity contribution in [2.24, 2.45) is 5.92 Å². The summed E-state index contributed by atoms with van der Waals surface area (Å²) in [6.07, 6.45) is 6.85. The number of fused-ring (bicyclic) bond motifs is 2. The third-order valence-electron chi connectivity index (χ3n) is 14.9. The standard InChI is InChI=1S/C50H55F2N8O6P/c1-8-36-41(67(64,9-2)10-3)14-13-39(44(36)52)57-19-20-58(49(57)63)45-42-31(7)56(18-15-37(42)54-60(45)35-23-28(4)43(51)29(5)24-35)46(61)40-26-34-25-33(32-16-21-65-22-17-32)11-12-38(34)59(40)50(27-30(50)6)47-53-48(62)66-55-47/h11-14,19-20,23-26,30-32H,8-10,15-18,21-22,27H2,1-7H3,(H,53,55,62). The smallest absolute Gasteiger partial charge is 0.381 e. The number of halogens is 2. The molecule has 0 bridgehead atoms. The maximum Gasteiger partial charge on any atom is 0.438 e. The Kier molecular flexibility index (Phi) is 11.1. The Morgan fingerprint density at radius 3 is 2.28 bits per heavy atom. The summed E-state index contributed by atoms with van der Waals surface area (Å²) >= 11 is 0. The van der Waals surface area contributed by atoms with Gasteiger partial charge in [-0.3, -0.25) is 23.4 Å². The minimum atomic E-state index is -2.86. The number of aromatic amines is 1. The molecule has 0 radical (unpaired) electrons. The topological polar surface area (TPSA) is 155 Å². The SMILES string of the molecule is CCc1c(P(=O)(CC)CC)ccc(-n2ccn(-c3c4c(nn3-c3cc(C)c(F)c(C)c3)CCN(C(=O)c3cc5cc(C6CCOCC6)ccc5n3C3(c5noc(=O)[nH]5)CC3C)C4C)c2=O)c1F. The Morgan fingerprint density at radius 1 is 0.940 bits per heavy atom. The van der Waals surface area contributed by atoms with Crippen LogP contribution in [0.15, 0.2) is 75.0 Å². The van der Waals surface area contributed by atoms with E-state index in [-0.39, 0.29) is 36.3 Å². The van der Waals surface area contributed by atoms with Gasteiger partial charge in [0.2, 0.25) is 0 Å². The molecule has 1 N–H and O–H groups in total. The molecule has 3 unspecified atom stereocenters. The zero-order chi connectivity index (χ0) is 47.3. The maximum absolute atomic E-state index is 16.7. The van der Waals surface area contributed by atoms with Gasteiger partial charge in [0, 0.05) is 78.2 Å². The van der Waals surface area contributed by atoms with Crippen LogP contribution in [0.1, 0.15) is 116 Å². The van der Waals surface area contributed by atoms with Crippen LogP contribution in [-0.4, -0.2) is 76.5 Å². The molecule has 0 spiro atoms. The fourth-order valence-corrected chi connectivity index (χ4v) is 13.2. The molecule has 7 aromatic rings. The molecule has 1 aliphatic carbocycles. The second-order valence-corrected chi connectivity index (χ2v) is 22.1. The van der Waals surface area contributed by atoms with Gasteiger partial charge in [-0.2, -0.15) is 5.10 Å². The van der Waals surface area contributed by atoms with Crippen molar-refractivity contribution in [2.75, 3.05) is 32.1 Å². The maximum atomic E-state index is 16.7. The van der Waals surface area contributed by atoms with Crippen LogP contribution in [0.4, 0.5) is 8.78 Å². The number of carbonyl (C=O) groups is 1. The molecule has 3 atom stereocenters. The third-order valence-corrected chi connectivity index (χ3v) is 18.3. The predicted molar refractivity (Wildman–Crippen MR) is 251 cm³/mol. The van der Waals surface area contributed by atoms with Crippen LogP contribution in [0, 0.1) is 31.4 Å². The highest BCUT2D eigenvalue weighted by molar-refractivity contribution is 7.71. The molecule has 2 fully saturated rings. The molecule has 6 heterocycles. The van der Waals surface area contributed by atoms with E-state index in [1.807, 2.05) is 38.3 Å². The van der Waals surface area contributed by atoms with Gasteiger partial charge in [0.15, 0.2) is 11.6 Å². The van der Waals surface area contributed by atoms with Crippen molar-refractivity contribution in [1.82, 2.24) is 38.5 Å². The van der Waals surface area contributed by atoms with Crippen LogP contribution in [0.3, 0.4) is 0 Å². The van der Waals surface area contributed by atoms with Gasteiger partial charge in [0.05, 0.1) is 23.1 Å². The van der Waals surface area contributed by atoms with Crippen molar-refractivity contribution >= 4 is 29.3 Å². The highest BCUT2D eigenvalue weighted by Gasteiger charge is 2.59. The lowest BCUT2D eigenvalue weighted by Crippen LogP contribution is -2.41. The molecule has 1 saturated heterocycles. The van der Waals surface area contributed by atoms with Gasteiger partial charge >= 0.3 is 11.4 Å². The number of imidazole rings is 1. The molecule has 10 rings (SSSR count). The summed E-state index contributed by atoms with van der Waals surface area (Å²) in [7, 11) is -2.86. The fraction of sp³-hybridized carbons (Fsp3) is 0.420. The number of carbonyl (C=O) groups excluding carboxylic acids is 1.